The van der Waals surface area contributed by atoms with Crippen LogP contribution in [0.25, 0.3) is 11.2 Å². The van der Waals surface area contributed by atoms with Crippen molar-refractivity contribution in [2.24, 2.45) is 5.92 Å². The van der Waals surface area contributed by atoms with E-state index in [1.165, 1.54) is 0 Å². The molecule has 0 fully saturated rings. The van der Waals surface area contributed by atoms with Crippen molar-refractivity contribution in [3.05, 3.63) is 6.33 Å². The molecular formula is C13H22N6. The summed E-state index contributed by atoms with van der Waals surface area (Å²) in [6.07, 6.45) is 4.01. The molecule has 0 bridgehead atoms. The van der Waals surface area contributed by atoms with Crippen molar-refractivity contribution in [1.82, 2.24) is 19.5 Å². The maximum Gasteiger partial charge on any atom is 0.226 e. The molecule has 0 atom stereocenters. The minimum atomic E-state index is 0.437. The molecule has 2 aromatic rings. The highest BCUT2D eigenvalue weighted by atomic mass is 15.2. The van der Waals surface area contributed by atoms with Crippen LogP contribution < -0.4 is 11.1 Å². The minimum absolute atomic E-state index is 0.437. The zero-order valence-electron chi connectivity index (χ0n) is 11.8. The van der Waals surface area contributed by atoms with Crippen LogP contribution in [0.5, 0.6) is 0 Å². The molecule has 0 saturated carbocycles. The predicted octanol–water partition coefficient (Wildman–Crippen LogP) is 2.28. The number of hydrogen-bond acceptors (Lipinski definition) is 5. The molecule has 2 aromatic heterocycles. The summed E-state index contributed by atoms with van der Waals surface area (Å²) >= 11 is 0. The molecule has 0 aliphatic carbocycles. The van der Waals surface area contributed by atoms with Gasteiger partial charge in [-0.2, -0.15) is 9.97 Å². The highest BCUT2D eigenvalue weighted by Gasteiger charge is 2.11. The average molecular weight is 262 g/mol. The molecule has 2 rings (SSSR count). The van der Waals surface area contributed by atoms with E-state index < -0.39 is 0 Å². The zero-order valence-corrected chi connectivity index (χ0v) is 11.8. The Morgan fingerprint density at radius 3 is 2.84 bits per heavy atom. The van der Waals surface area contributed by atoms with Crippen LogP contribution in [0.1, 0.15) is 33.6 Å². The van der Waals surface area contributed by atoms with Gasteiger partial charge in [-0.15, -0.1) is 0 Å². The van der Waals surface area contributed by atoms with Gasteiger partial charge in [0.1, 0.15) is 5.52 Å². The van der Waals surface area contributed by atoms with Crippen molar-refractivity contribution < 1.29 is 0 Å². The molecule has 0 saturated heterocycles. The van der Waals surface area contributed by atoms with Crippen molar-refractivity contribution in [1.29, 1.82) is 0 Å². The lowest BCUT2D eigenvalue weighted by molar-refractivity contribution is 0.530. The first kappa shape index (κ1) is 13.6. The van der Waals surface area contributed by atoms with Gasteiger partial charge in [-0.3, -0.25) is 0 Å². The van der Waals surface area contributed by atoms with Gasteiger partial charge in [-0.1, -0.05) is 27.2 Å². The van der Waals surface area contributed by atoms with Crippen LogP contribution in [0.3, 0.4) is 0 Å². The molecule has 6 heteroatoms. The van der Waals surface area contributed by atoms with Crippen molar-refractivity contribution in [3.8, 4) is 0 Å². The maximum atomic E-state index is 5.94. The smallest absolute Gasteiger partial charge is 0.226 e. The molecular weight excluding hydrogens is 240 g/mol. The minimum Gasteiger partial charge on any atom is -0.382 e. The Morgan fingerprint density at radius 1 is 1.37 bits per heavy atom. The van der Waals surface area contributed by atoms with E-state index in [1.54, 1.807) is 6.33 Å². The van der Waals surface area contributed by atoms with Crippen molar-refractivity contribution in [3.63, 3.8) is 0 Å². The summed E-state index contributed by atoms with van der Waals surface area (Å²) in [5.74, 6) is 1.56. The first-order valence-corrected chi connectivity index (χ1v) is 6.84. The Hall–Kier alpha value is -1.85. The number of unbranched alkanes of at least 4 members (excludes halogenated alkanes) is 1. The Labute approximate surface area is 113 Å². The normalized spacial score (nSPS) is 11.4. The van der Waals surface area contributed by atoms with E-state index >= 15 is 0 Å². The summed E-state index contributed by atoms with van der Waals surface area (Å²) in [4.78, 5) is 13.1. The third-order valence-corrected chi connectivity index (χ3v) is 2.87. The van der Waals surface area contributed by atoms with Crippen molar-refractivity contribution >= 4 is 22.9 Å². The van der Waals surface area contributed by atoms with E-state index in [0.29, 0.717) is 23.2 Å². The monoisotopic (exact) mass is 262 g/mol. The van der Waals surface area contributed by atoms with Crippen molar-refractivity contribution in [2.75, 3.05) is 17.6 Å². The van der Waals surface area contributed by atoms with E-state index in [1.807, 2.05) is 4.57 Å². The Balaban J connectivity index is 2.30. The fourth-order valence-electron chi connectivity index (χ4n) is 1.95. The Morgan fingerprint density at radius 2 is 2.16 bits per heavy atom. The molecule has 3 N–H and O–H groups in total. The number of fused-ring (bicyclic) bond motifs is 1. The lowest BCUT2D eigenvalue weighted by atomic mass is 10.2. The van der Waals surface area contributed by atoms with Gasteiger partial charge in [0.25, 0.3) is 0 Å². The van der Waals surface area contributed by atoms with E-state index in [0.717, 1.165) is 31.6 Å². The van der Waals surface area contributed by atoms with Gasteiger partial charge >= 0.3 is 0 Å². The molecule has 0 aromatic carbocycles. The number of nitrogen functional groups attached to an aromatic ring is 1. The lowest BCUT2D eigenvalue weighted by Crippen LogP contribution is -2.09. The summed E-state index contributed by atoms with van der Waals surface area (Å²) in [6, 6.07) is 0. The van der Waals surface area contributed by atoms with Gasteiger partial charge in [0.2, 0.25) is 5.95 Å². The number of nitrogens with zero attached hydrogens (tertiary/aromatic N) is 4. The fourth-order valence-corrected chi connectivity index (χ4v) is 1.95. The second-order valence-corrected chi connectivity index (χ2v) is 5.18. The predicted molar refractivity (Wildman–Crippen MR) is 78.0 cm³/mol. The molecule has 104 valence electrons. The number of imidazole rings is 1. The molecule has 0 radical (unpaired) electrons. The van der Waals surface area contributed by atoms with Crippen LogP contribution in [0.4, 0.5) is 11.8 Å². The van der Waals surface area contributed by atoms with E-state index in [2.05, 4.69) is 41.0 Å². The SMILES string of the molecule is CCCCNc1nc(N)c2ncn(CC(C)C)c2n1. The average Bonchev–Trinajstić information content (AvgIpc) is 2.73. The Bertz CT molecular complexity index is 545. The summed E-state index contributed by atoms with van der Waals surface area (Å²) in [5.41, 5.74) is 7.43. The second kappa shape index (κ2) is 5.86. The summed E-state index contributed by atoms with van der Waals surface area (Å²) < 4.78 is 2.03. The maximum absolute atomic E-state index is 5.94. The summed E-state index contributed by atoms with van der Waals surface area (Å²) in [6.45, 7) is 8.21. The molecule has 0 aliphatic heterocycles. The Kier molecular flexibility index (Phi) is 4.19. The van der Waals surface area contributed by atoms with Crippen LogP contribution in [0, 0.1) is 5.92 Å². The largest absolute Gasteiger partial charge is 0.382 e. The first-order chi connectivity index (χ1) is 9.11. The topological polar surface area (TPSA) is 81.6 Å². The number of hydrogen-bond donors (Lipinski definition) is 2. The quantitative estimate of drug-likeness (QED) is 0.780. The van der Waals surface area contributed by atoms with Crippen molar-refractivity contribution in [2.45, 2.75) is 40.2 Å². The third kappa shape index (κ3) is 3.13. The first-order valence-electron chi connectivity index (χ1n) is 6.84. The molecule has 2 heterocycles. The lowest BCUT2D eigenvalue weighted by Gasteiger charge is -2.08. The molecule has 0 unspecified atom stereocenters. The number of nitrogens with one attached hydrogen (secondary N) is 1. The van der Waals surface area contributed by atoms with Gasteiger partial charge in [0, 0.05) is 13.1 Å². The van der Waals surface area contributed by atoms with Gasteiger partial charge in [0.05, 0.1) is 6.33 Å². The molecule has 0 aliphatic rings. The zero-order chi connectivity index (χ0) is 13.8. The number of rotatable bonds is 6. The van der Waals surface area contributed by atoms with Gasteiger partial charge in [-0.25, -0.2) is 4.98 Å². The molecule has 0 amide bonds. The number of anilines is 2. The van der Waals surface area contributed by atoms with Crippen LogP contribution in [0.2, 0.25) is 0 Å². The van der Waals surface area contributed by atoms with Gasteiger partial charge in [-0.05, 0) is 12.3 Å². The molecule has 6 nitrogen and oxygen atoms in total. The molecule has 0 spiro atoms. The summed E-state index contributed by atoms with van der Waals surface area (Å²) in [5, 5.41) is 3.21. The van der Waals surface area contributed by atoms with E-state index in [9.17, 15) is 0 Å². The highest BCUT2D eigenvalue weighted by Crippen LogP contribution is 2.19. The standard InChI is InChI=1S/C13H22N6/c1-4-5-6-15-13-17-11(14)10-12(18-13)19(8-16-10)7-9(2)3/h8-9H,4-7H2,1-3H3,(H3,14,15,17,18). The van der Waals surface area contributed by atoms with E-state index in [4.69, 9.17) is 5.73 Å². The van der Waals surface area contributed by atoms with Gasteiger partial charge in [0.15, 0.2) is 11.5 Å². The van der Waals surface area contributed by atoms with Gasteiger partial charge < -0.3 is 15.6 Å². The number of nitrogens with two attached hydrogens (primary N) is 1. The van der Waals surface area contributed by atoms with Crippen LogP contribution in [-0.2, 0) is 6.54 Å². The van der Waals surface area contributed by atoms with E-state index in [-0.39, 0.29) is 0 Å². The summed E-state index contributed by atoms with van der Waals surface area (Å²) in [7, 11) is 0. The van der Waals surface area contributed by atoms with Crippen LogP contribution in [-0.4, -0.2) is 26.1 Å². The van der Waals surface area contributed by atoms with Crippen LogP contribution >= 0.6 is 0 Å². The highest BCUT2D eigenvalue weighted by molar-refractivity contribution is 5.82. The number of aromatic nitrogens is 4. The fraction of sp³-hybridized carbons (Fsp3) is 0.615. The third-order valence-electron chi connectivity index (χ3n) is 2.87. The van der Waals surface area contributed by atoms with Crippen LogP contribution in [0.15, 0.2) is 6.33 Å². The molecule has 19 heavy (non-hydrogen) atoms. The second-order valence-electron chi connectivity index (χ2n) is 5.18.